The molecule has 0 fully saturated rings. The average molecular weight is 424 g/mol. The van der Waals surface area contributed by atoms with Crippen LogP contribution in [0.15, 0.2) is 47.4 Å². The van der Waals surface area contributed by atoms with Gasteiger partial charge in [-0.25, -0.2) is 4.79 Å². The summed E-state index contributed by atoms with van der Waals surface area (Å²) >= 11 is 1.83. The highest BCUT2D eigenvalue weighted by Crippen LogP contribution is 2.51. The minimum Gasteiger partial charge on any atom is -0.406 e. The molecular weight excluding hydrogens is 401 g/mol. The Morgan fingerprint density at radius 1 is 1.00 bits per heavy atom. The third-order valence-electron chi connectivity index (χ3n) is 4.57. The van der Waals surface area contributed by atoms with Crippen molar-refractivity contribution < 1.29 is 22.7 Å². The number of carbonyl (C=O) groups is 1. The SMILES string of the molecule is CC1(C)CC(C)(C)c2cc(NC(=O)Nc3ccc(OC(F)(F)F)cc3)ccc2S1. The Morgan fingerprint density at radius 3 is 2.21 bits per heavy atom. The van der Waals surface area contributed by atoms with E-state index in [-0.39, 0.29) is 15.9 Å². The molecule has 2 amide bonds. The Hall–Kier alpha value is -2.35. The summed E-state index contributed by atoms with van der Waals surface area (Å²) in [5, 5.41) is 5.38. The predicted octanol–water partition coefficient (Wildman–Crippen LogP) is 6.78. The number of nitrogens with one attached hydrogen (secondary N) is 2. The van der Waals surface area contributed by atoms with Gasteiger partial charge in [-0.05, 0) is 59.9 Å². The van der Waals surface area contributed by atoms with Gasteiger partial charge in [-0.2, -0.15) is 0 Å². The minimum atomic E-state index is -4.75. The van der Waals surface area contributed by atoms with E-state index in [0.717, 1.165) is 18.6 Å². The Balaban J connectivity index is 1.67. The quantitative estimate of drug-likeness (QED) is 0.571. The Labute approximate surface area is 172 Å². The van der Waals surface area contributed by atoms with Crippen molar-refractivity contribution in [2.24, 2.45) is 0 Å². The molecule has 4 nitrogen and oxygen atoms in total. The van der Waals surface area contributed by atoms with E-state index in [0.29, 0.717) is 11.4 Å². The summed E-state index contributed by atoms with van der Waals surface area (Å²) in [4.78, 5) is 13.5. The summed E-state index contributed by atoms with van der Waals surface area (Å²) in [7, 11) is 0. The van der Waals surface area contributed by atoms with Crippen LogP contribution < -0.4 is 15.4 Å². The van der Waals surface area contributed by atoms with Crippen molar-refractivity contribution in [3.05, 3.63) is 48.0 Å². The molecule has 0 unspecified atom stereocenters. The fraction of sp³-hybridized carbons (Fsp3) is 0.381. The summed E-state index contributed by atoms with van der Waals surface area (Å²) in [5.41, 5.74) is 2.18. The standard InChI is InChI=1S/C21H23F3N2O2S/c1-19(2)12-20(3,4)29-17-10-7-14(11-16(17)19)26-18(27)25-13-5-8-15(9-6-13)28-21(22,23)24/h5-11H,12H2,1-4H3,(H2,25,26,27). The van der Waals surface area contributed by atoms with Crippen LogP contribution in [0.5, 0.6) is 5.75 Å². The highest BCUT2D eigenvalue weighted by molar-refractivity contribution is 8.00. The number of hydrogen-bond donors (Lipinski definition) is 2. The Morgan fingerprint density at radius 2 is 1.59 bits per heavy atom. The van der Waals surface area contributed by atoms with Crippen LogP contribution in [-0.2, 0) is 5.41 Å². The largest absolute Gasteiger partial charge is 0.573 e. The second kappa shape index (κ2) is 7.48. The van der Waals surface area contributed by atoms with Crippen molar-refractivity contribution >= 4 is 29.2 Å². The van der Waals surface area contributed by atoms with Gasteiger partial charge in [0.25, 0.3) is 0 Å². The summed E-state index contributed by atoms with van der Waals surface area (Å²) in [6.07, 6.45) is -3.74. The second-order valence-electron chi connectivity index (χ2n) is 8.28. The van der Waals surface area contributed by atoms with E-state index in [1.54, 1.807) is 0 Å². The topological polar surface area (TPSA) is 50.4 Å². The number of urea groups is 1. The zero-order valence-corrected chi connectivity index (χ0v) is 17.4. The van der Waals surface area contributed by atoms with Crippen molar-refractivity contribution in [2.45, 2.75) is 55.5 Å². The molecule has 156 valence electrons. The fourth-order valence-electron chi connectivity index (χ4n) is 3.75. The Bertz CT molecular complexity index is 909. The second-order valence-corrected chi connectivity index (χ2v) is 10.0. The van der Waals surface area contributed by atoms with E-state index in [9.17, 15) is 18.0 Å². The first-order chi connectivity index (χ1) is 13.3. The number of alkyl halides is 3. The van der Waals surface area contributed by atoms with Gasteiger partial charge in [0, 0.05) is 21.0 Å². The van der Waals surface area contributed by atoms with Crippen LogP contribution in [0, 0.1) is 0 Å². The summed E-state index contributed by atoms with van der Waals surface area (Å²) < 4.78 is 40.6. The minimum absolute atomic E-state index is 0.0213. The van der Waals surface area contributed by atoms with E-state index in [4.69, 9.17) is 0 Å². The molecule has 0 saturated heterocycles. The van der Waals surface area contributed by atoms with Gasteiger partial charge < -0.3 is 15.4 Å². The van der Waals surface area contributed by atoms with Crippen LogP contribution in [0.25, 0.3) is 0 Å². The van der Waals surface area contributed by atoms with Gasteiger partial charge in [0.2, 0.25) is 0 Å². The van der Waals surface area contributed by atoms with Gasteiger partial charge >= 0.3 is 12.4 Å². The first-order valence-corrected chi connectivity index (χ1v) is 9.92. The van der Waals surface area contributed by atoms with E-state index in [1.807, 2.05) is 30.0 Å². The zero-order valence-electron chi connectivity index (χ0n) is 16.6. The molecule has 2 aromatic rings. The highest BCUT2D eigenvalue weighted by atomic mass is 32.2. The number of hydrogen-bond acceptors (Lipinski definition) is 3. The van der Waals surface area contributed by atoms with Crippen molar-refractivity contribution in [1.82, 2.24) is 0 Å². The lowest BCUT2D eigenvalue weighted by atomic mass is 9.77. The van der Waals surface area contributed by atoms with Crippen molar-refractivity contribution in [3.63, 3.8) is 0 Å². The number of amides is 2. The number of benzene rings is 2. The van der Waals surface area contributed by atoms with E-state index >= 15 is 0 Å². The lowest BCUT2D eigenvalue weighted by Gasteiger charge is -2.41. The lowest BCUT2D eigenvalue weighted by Crippen LogP contribution is -2.33. The number of ether oxygens (including phenoxy) is 1. The molecule has 0 spiro atoms. The van der Waals surface area contributed by atoms with Crippen LogP contribution >= 0.6 is 11.8 Å². The van der Waals surface area contributed by atoms with Crippen LogP contribution in [0.3, 0.4) is 0 Å². The number of anilines is 2. The lowest BCUT2D eigenvalue weighted by molar-refractivity contribution is -0.274. The van der Waals surface area contributed by atoms with E-state index in [1.165, 1.54) is 22.6 Å². The highest BCUT2D eigenvalue weighted by Gasteiger charge is 2.38. The van der Waals surface area contributed by atoms with Crippen molar-refractivity contribution in [3.8, 4) is 5.75 Å². The molecule has 0 aliphatic carbocycles. The average Bonchev–Trinajstić information content (AvgIpc) is 2.54. The normalized spacial score (nSPS) is 17.2. The number of rotatable bonds is 3. The molecule has 2 aromatic carbocycles. The molecule has 29 heavy (non-hydrogen) atoms. The Kier molecular flexibility index (Phi) is 5.51. The molecule has 0 bridgehead atoms. The van der Waals surface area contributed by atoms with Gasteiger partial charge in [0.15, 0.2) is 0 Å². The third kappa shape index (κ3) is 5.59. The molecular formula is C21H23F3N2O2S. The number of halogens is 3. The predicted molar refractivity (Wildman–Crippen MR) is 110 cm³/mol. The first-order valence-electron chi connectivity index (χ1n) is 9.10. The maximum Gasteiger partial charge on any atom is 0.573 e. The molecule has 0 saturated carbocycles. The van der Waals surface area contributed by atoms with Gasteiger partial charge in [-0.1, -0.05) is 27.7 Å². The molecule has 1 aliphatic heterocycles. The first kappa shape index (κ1) is 21.4. The van der Waals surface area contributed by atoms with Gasteiger partial charge in [0.1, 0.15) is 5.75 Å². The molecule has 8 heteroatoms. The van der Waals surface area contributed by atoms with Gasteiger partial charge in [0.05, 0.1) is 0 Å². The van der Waals surface area contributed by atoms with Gasteiger partial charge in [-0.3, -0.25) is 0 Å². The summed E-state index contributed by atoms with van der Waals surface area (Å²) in [5.74, 6) is -0.346. The van der Waals surface area contributed by atoms with Crippen LogP contribution in [0.1, 0.15) is 39.7 Å². The summed E-state index contributed by atoms with van der Waals surface area (Å²) in [6.45, 7) is 8.85. The van der Waals surface area contributed by atoms with Crippen LogP contribution in [-0.4, -0.2) is 17.1 Å². The third-order valence-corrected chi connectivity index (χ3v) is 5.84. The molecule has 1 heterocycles. The number of fused-ring (bicyclic) bond motifs is 1. The molecule has 0 aromatic heterocycles. The van der Waals surface area contributed by atoms with E-state index < -0.39 is 12.4 Å². The monoisotopic (exact) mass is 424 g/mol. The maximum atomic E-state index is 12.3. The van der Waals surface area contributed by atoms with Crippen LogP contribution in [0.2, 0.25) is 0 Å². The van der Waals surface area contributed by atoms with Crippen LogP contribution in [0.4, 0.5) is 29.3 Å². The molecule has 0 atom stereocenters. The molecule has 1 aliphatic rings. The fourth-order valence-corrected chi connectivity index (χ4v) is 5.36. The molecule has 3 rings (SSSR count). The van der Waals surface area contributed by atoms with Crippen molar-refractivity contribution in [2.75, 3.05) is 10.6 Å². The number of thioether (sulfide) groups is 1. The summed E-state index contributed by atoms with van der Waals surface area (Å²) in [6, 6.07) is 10.3. The maximum absolute atomic E-state index is 12.3. The van der Waals surface area contributed by atoms with E-state index in [2.05, 4.69) is 43.1 Å². The van der Waals surface area contributed by atoms with Crippen molar-refractivity contribution in [1.29, 1.82) is 0 Å². The molecule has 0 radical (unpaired) electrons. The number of carbonyl (C=O) groups excluding carboxylic acids is 1. The van der Waals surface area contributed by atoms with Gasteiger partial charge in [-0.15, -0.1) is 24.9 Å². The molecule has 2 N–H and O–H groups in total. The smallest absolute Gasteiger partial charge is 0.406 e. The zero-order chi connectivity index (χ0) is 21.4.